The highest BCUT2D eigenvalue weighted by atomic mass is 35.5. The Bertz CT molecular complexity index is 752. The molecule has 20 heavy (non-hydrogen) atoms. The molecule has 6 heteroatoms. The van der Waals surface area contributed by atoms with Gasteiger partial charge in [0.15, 0.2) is 0 Å². The van der Waals surface area contributed by atoms with Crippen molar-refractivity contribution in [1.82, 2.24) is 14.5 Å². The summed E-state index contributed by atoms with van der Waals surface area (Å²) < 4.78 is 15.1. The van der Waals surface area contributed by atoms with Crippen molar-refractivity contribution in [3.8, 4) is 16.9 Å². The quantitative estimate of drug-likeness (QED) is 0.787. The van der Waals surface area contributed by atoms with Crippen LogP contribution in [0.4, 0.5) is 10.2 Å². The number of rotatable bonds is 2. The summed E-state index contributed by atoms with van der Waals surface area (Å²) in [6, 6.07) is 7.70. The van der Waals surface area contributed by atoms with E-state index in [1.807, 2.05) is 6.07 Å². The van der Waals surface area contributed by atoms with Crippen molar-refractivity contribution in [2.24, 2.45) is 0 Å². The number of imidazole rings is 1. The molecule has 0 aliphatic heterocycles. The van der Waals surface area contributed by atoms with Crippen LogP contribution in [0.5, 0.6) is 0 Å². The van der Waals surface area contributed by atoms with Gasteiger partial charge in [-0.2, -0.15) is 0 Å². The van der Waals surface area contributed by atoms with Crippen molar-refractivity contribution >= 4 is 17.4 Å². The van der Waals surface area contributed by atoms with Gasteiger partial charge in [0.05, 0.1) is 28.9 Å². The lowest BCUT2D eigenvalue weighted by molar-refractivity contribution is 0.626. The molecule has 3 rings (SSSR count). The molecule has 0 bridgehead atoms. The van der Waals surface area contributed by atoms with E-state index in [2.05, 4.69) is 9.97 Å². The van der Waals surface area contributed by atoms with Crippen LogP contribution in [0.15, 0.2) is 49.1 Å². The van der Waals surface area contributed by atoms with Gasteiger partial charge in [-0.05, 0) is 30.3 Å². The van der Waals surface area contributed by atoms with E-state index in [1.54, 1.807) is 29.4 Å². The van der Waals surface area contributed by atoms with Gasteiger partial charge in [0, 0.05) is 11.8 Å². The number of hydrogen-bond donors (Lipinski definition) is 1. The molecule has 0 fully saturated rings. The van der Waals surface area contributed by atoms with Crippen LogP contribution in [-0.2, 0) is 0 Å². The van der Waals surface area contributed by atoms with Gasteiger partial charge in [-0.25, -0.2) is 14.4 Å². The van der Waals surface area contributed by atoms with Gasteiger partial charge < -0.3 is 5.73 Å². The first kappa shape index (κ1) is 12.6. The Morgan fingerprint density at radius 3 is 2.75 bits per heavy atom. The highest BCUT2D eigenvalue weighted by molar-refractivity contribution is 6.32. The second kappa shape index (κ2) is 4.94. The summed E-state index contributed by atoms with van der Waals surface area (Å²) >= 11 is 6.12. The number of benzene rings is 1. The maximum absolute atomic E-state index is 13.4. The molecule has 2 N–H and O–H groups in total. The minimum absolute atomic E-state index is 0.362. The third-order valence-electron chi connectivity index (χ3n) is 2.89. The molecular weight excluding hydrogens is 279 g/mol. The lowest BCUT2D eigenvalue weighted by Gasteiger charge is -2.10. The molecule has 3 aromatic rings. The lowest BCUT2D eigenvalue weighted by Crippen LogP contribution is -1.98. The standard InChI is InChI=1S/C14H10ClFN4/c15-11-3-2-10(16)5-12(11)20-8-18-7-13(20)9-1-4-14(17)19-6-9/h1-8H,(H2,17,19). The number of aromatic nitrogens is 3. The van der Waals surface area contributed by atoms with E-state index in [4.69, 9.17) is 17.3 Å². The van der Waals surface area contributed by atoms with Gasteiger partial charge in [-0.3, -0.25) is 4.57 Å². The zero-order valence-electron chi connectivity index (χ0n) is 10.3. The Morgan fingerprint density at radius 1 is 1.15 bits per heavy atom. The third kappa shape index (κ3) is 2.23. The van der Waals surface area contributed by atoms with Crippen LogP contribution >= 0.6 is 11.6 Å². The molecule has 0 radical (unpaired) electrons. The summed E-state index contributed by atoms with van der Waals surface area (Å²) in [4.78, 5) is 8.13. The van der Waals surface area contributed by atoms with Crippen molar-refractivity contribution in [2.45, 2.75) is 0 Å². The Hall–Kier alpha value is -2.40. The number of nitrogens with zero attached hydrogens (tertiary/aromatic N) is 3. The molecule has 4 nitrogen and oxygen atoms in total. The second-order valence-corrected chi connectivity index (χ2v) is 4.62. The zero-order chi connectivity index (χ0) is 14.1. The molecule has 0 amide bonds. The zero-order valence-corrected chi connectivity index (χ0v) is 11.0. The maximum Gasteiger partial charge on any atom is 0.125 e. The van der Waals surface area contributed by atoms with Crippen molar-refractivity contribution in [3.63, 3.8) is 0 Å². The Kier molecular flexibility index (Phi) is 3.12. The smallest absolute Gasteiger partial charge is 0.125 e. The Balaban J connectivity index is 2.15. The molecule has 0 spiro atoms. The highest BCUT2D eigenvalue weighted by Gasteiger charge is 2.11. The first-order valence-electron chi connectivity index (χ1n) is 5.85. The van der Waals surface area contributed by atoms with Crippen molar-refractivity contribution < 1.29 is 4.39 Å². The van der Waals surface area contributed by atoms with Crippen LogP contribution in [0.3, 0.4) is 0 Å². The van der Waals surface area contributed by atoms with Crippen molar-refractivity contribution in [2.75, 3.05) is 5.73 Å². The summed E-state index contributed by atoms with van der Waals surface area (Å²) in [6.07, 6.45) is 4.87. The van der Waals surface area contributed by atoms with Gasteiger partial charge in [-0.15, -0.1) is 0 Å². The summed E-state index contributed by atoms with van der Waals surface area (Å²) in [5.74, 6) is 0.0723. The molecule has 0 unspecified atom stereocenters. The summed E-state index contributed by atoms with van der Waals surface area (Å²) in [5.41, 5.74) is 7.66. The molecule has 0 aliphatic carbocycles. The number of nitrogens with two attached hydrogens (primary N) is 1. The Labute approximate surface area is 119 Å². The fraction of sp³-hybridized carbons (Fsp3) is 0. The van der Waals surface area contributed by atoms with Gasteiger partial charge in [0.2, 0.25) is 0 Å². The van der Waals surface area contributed by atoms with Crippen molar-refractivity contribution in [1.29, 1.82) is 0 Å². The van der Waals surface area contributed by atoms with Crippen LogP contribution in [0.2, 0.25) is 5.02 Å². The number of pyridine rings is 1. The topological polar surface area (TPSA) is 56.7 Å². The van der Waals surface area contributed by atoms with E-state index >= 15 is 0 Å². The van der Waals surface area contributed by atoms with E-state index in [9.17, 15) is 4.39 Å². The molecule has 0 saturated carbocycles. The normalized spacial score (nSPS) is 10.7. The van der Waals surface area contributed by atoms with E-state index < -0.39 is 0 Å². The molecular formula is C14H10ClFN4. The van der Waals surface area contributed by atoms with Crippen LogP contribution in [0.25, 0.3) is 16.9 Å². The molecule has 0 atom stereocenters. The summed E-state index contributed by atoms with van der Waals surface area (Å²) in [7, 11) is 0. The van der Waals surface area contributed by atoms with Crippen LogP contribution in [0.1, 0.15) is 0 Å². The largest absolute Gasteiger partial charge is 0.384 e. The molecule has 0 aliphatic rings. The van der Waals surface area contributed by atoms with E-state index in [1.165, 1.54) is 18.2 Å². The molecule has 0 saturated heterocycles. The first-order valence-corrected chi connectivity index (χ1v) is 6.22. The SMILES string of the molecule is Nc1ccc(-c2cncn2-c2cc(F)ccc2Cl)cn1. The average molecular weight is 289 g/mol. The third-order valence-corrected chi connectivity index (χ3v) is 3.21. The van der Waals surface area contributed by atoms with Gasteiger partial charge in [0.1, 0.15) is 11.6 Å². The minimum atomic E-state index is -0.362. The highest BCUT2D eigenvalue weighted by Crippen LogP contribution is 2.27. The predicted octanol–water partition coefficient (Wildman–Crippen LogP) is 3.31. The number of anilines is 1. The Morgan fingerprint density at radius 2 is 2.00 bits per heavy atom. The fourth-order valence-corrected chi connectivity index (χ4v) is 2.14. The van der Waals surface area contributed by atoms with Crippen LogP contribution in [0, 0.1) is 5.82 Å². The van der Waals surface area contributed by atoms with E-state index in [-0.39, 0.29) is 5.82 Å². The number of halogens is 2. The summed E-state index contributed by atoms with van der Waals surface area (Å²) in [5, 5.41) is 0.439. The molecule has 2 heterocycles. The fourth-order valence-electron chi connectivity index (χ4n) is 1.93. The second-order valence-electron chi connectivity index (χ2n) is 4.22. The maximum atomic E-state index is 13.4. The monoisotopic (exact) mass is 288 g/mol. The van der Waals surface area contributed by atoms with Crippen LogP contribution in [-0.4, -0.2) is 14.5 Å². The van der Waals surface area contributed by atoms with Gasteiger partial charge in [-0.1, -0.05) is 11.6 Å². The van der Waals surface area contributed by atoms with E-state index in [0.29, 0.717) is 16.5 Å². The van der Waals surface area contributed by atoms with Crippen molar-refractivity contribution in [3.05, 3.63) is 59.9 Å². The van der Waals surface area contributed by atoms with Gasteiger partial charge >= 0.3 is 0 Å². The molecule has 100 valence electrons. The van der Waals surface area contributed by atoms with Crippen LogP contribution < -0.4 is 5.73 Å². The minimum Gasteiger partial charge on any atom is -0.384 e. The number of hydrogen-bond acceptors (Lipinski definition) is 3. The lowest BCUT2D eigenvalue weighted by atomic mass is 10.2. The first-order chi connectivity index (χ1) is 9.65. The predicted molar refractivity (Wildman–Crippen MR) is 76.2 cm³/mol. The van der Waals surface area contributed by atoms with Gasteiger partial charge in [0.25, 0.3) is 0 Å². The van der Waals surface area contributed by atoms with E-state index in [0.717, 1.165) is 11.3 Å². The average Bonchev–Trinajstić information content (AvgIpc) is 2.91. The molecule has 2 aromatic heterocycles. The summed E-state index contributed by atoms with van der Waals surface area (Å²) in [6.45, 7) is 0. The number of nitrogen functional groups attached to an aromatic ring is 1. The molecule has 1 aromatic carbocycles.